The number of benzene rings is 3. The summed E-state index contributed by atoms with van der Waals surface area (Å²) in [7, 11) is 0. The van der Waals surface area contributed by atoms with Gasteiger partial charge in [-0.05, 0) is 41.0 Å². The number of halogens is 1. The van der Waals surface area contributed by atoms with E-state index in [1.54, 1.807) is 13.0 Å². The first-order chi connectivity index (χ1) is 13.0. The summed E-state index contributed by atoms with van der Waals surface area (Å²) >= 11 is 0. The van der Waals surface area contributed by atoms with Crippen LogP contribution in [-0.2, 0) is 9.59 Å². The van der Waals surface area contributed by atoms with Crippen LogP contribution in [0.5, 0.6) is 0 Å². The van der Waals surface area contributed by atoms with E-state index < -0.39 is 23.7 Å². The van der Waals surface area contributed by atoms with Crippen LogP contribution in [0.2, 0.25) is 0 Å². The van der Waals surface area contributed by atoms with Gasteiger partial charge < -0.3 is 15.7 Å². The van der Waals surface area contributed by atoms with Crippen molar-refractivity contribution in [2.75, 3.05) is 11.9 Å². The SMILES string of the molecule is Cc1ccc(NC(=O)C(=O)NCC(O)c2cccc3ccccc23)cc1F. The normalized spacial score (nSPS) is 11.8. The van der Waals surface area contributed by atoms with Crippen LogP contribution in [0.15, 0.2) is 60.7 Å². The van der Waals surface area contributed by atoms with Crippen molar-refractivity contribution in [3.05, 3.63) is 77.6 Å². The largest absolute Gasteiger partial charge is 0.387 e. The van der Waals surface area contributed by atoms with Gasteiger partial charge in [0.2, 0.25) is 0 Å². The molecule has 3 aromatic rings. The molecule has 3 aromatic carbocycles. The van der Waals surface area contributed by atoms with E-state index >= 15 is 0 Å². The summed E-state index contributed by atoms with van der Waals surface area (Å²) in [4.78, 5) is 23.9. The van der Waals surface area contributed by atoms with Gasteiger partial charge in [-0.25, -0.2) is 4.39 Å². The molecule has 5 nitrogen and oxygen atoms in total. The van der Waals surface area contributed by atoms with Crippen molar-refractivity contribution in [1.29, 1.82) is 0 Å². The van der Waals surface area contributed by atoms with Gasteiger partial charge >= 0.3 is 11.8 Å². The van der Waals surface area contributed by atoms with Gasteiger partial charge in [-0.3, -0.25) is 9.59 Å². The average Bonchev–Trinajstić information content (AvgIpc) is 2.68. The second kappa shape index (κ2) is 7.97. The fourth-order valence-corrected chi connectivity index (χ4v) is 2.78. The summed E-state index contributed by atoms with van der Waals surface area (Å²) in [5.41, 5.74) is 1.29. The first kappa shape index (κ1) is 18.5. The first-order valence-electron chi connectivity index (χ1n) is 8.47. The van der Waals surface area contributed by atoms with Crippen molar-refractivity contribution < 1.29 is 19.1 Å². The molecule has 0 spiro atoms. The van der Waals surface area contributed by atoms with Crippen LogP contribution in [0, 0.1) is 12.7 Å². The minimum atomic E-state index is -0.968. The standard InChI is InChI=1S/C21H19FN2O3/c1-13-9-10-15(11-18(13)22)24-21(27)20(26)23-12-19(25)17-8-4-6-14-5-2-3-7-16(14)17/h2-11,19,25H,12H2,1H3,(H,23,26)(H,24,27). The van der Waals surface area contributed by atoms with Gasteiger partial charge in [-0.15, -0.1) is 0 Å². The Kier molecular flexibility index (Phi) is 5.47. The van der Waals surface area contributed by atoms with Crippen LogP contribution in [0.3, 0.4) is 0 Å². The Balaban J connectivity index is 1.62. The van der Waals surface area contributed by atoms with Crippen LogP contribution in [0.4, 0.5) is 10.1 Å². The number of carbonyl (C=O) groups is 2. The fraction of sp³-hybridized carbons (Fsp3) is 0.143. The fourth-order valence-electron chi connectivity index (χ4n) is 2.78. The maximum absolute atomic E-state index is 13.5. The number of amides is 2. The molecule has 0 fully saturated rings. The maximum atomic E-state index is 13.5. The third-order valence-electron chi connectivity index (χ3n) is 4.27. The molecular formula is C21H19FN2O3. The quantitative estimate of drug-likeness (QED) is 0.621. The number of aliphatic hydroxyl groups excluding tert-OH is 1. The summed E-state index contributed by atoms with van der Waals surface area (Å²) in [6.45, 7) is 1.48. The minimum Gasteiger partial charge on any atom is -0.387 e. The van der Waals surface area contributed by atoms with E-state index in [1.165, 1.54) is 12.1 Å². The zero-order valence-electron chi connectivity index (χ0n) is 14.7. The topological polar surface area (TPSA) is 78.4 Å². The van der Waals surface area contributed by atoms with E-state index in [9.17, 15) is 19.1 Å². The van der Waals surface area contributed by atoms with Crippen LogP contribution in [0.1, 0.15) is 17.2 Å². The highest BCUT2D eigenvalue weighted by Crippen LogP contribution is 2.23. The van der Waals surface area contributed by atoms with E-state index in [0.29, 0.717) is 11.1 Å². The molecule has 3 N–H and O–H groups in total. The summed E-state index contributed by atoms with van der Waals surface area (Å²) in [6.07, 6.45) is -0.968. The minimum absolute atomic E-state index is 0.123. The third-order valence-corrected chi connectivity index (χ3v) is 4.27. The predicted molar refractivity (Wildman–Crippen MR) is 102 cm³/mol. The third kappa shape index (κ3) is 4.30. The lowest BCUT2D eigenvalue weighted by Gasteiger charge is -2.14. The Morgan fingerprint density at radius 2 is 1.78 bits per heavy atom. The van der Waals surface area contributed by atoms with Crippen LogP contribution in [0.25, 0.3) is 10.8 Å². The summed E-state index contributed by atoms with van der Waals surface area (Å²) < 4.78 is 13.5. The molecule has 6 heteroatoms. The molecule has 0 aliphatic rings. The monoisotopic (exact) mass is 366 g/mol. The van der Waals surface area contributed by atoms with Crippen LogP contribution < -0.4 is 10.6 Å². The predicted octanol–water partition coefficient (Wildman–Crippen LogP) is 3.08. The molecule has 0 saturated carbocycles. The number of aryl methyl sites for hydroxylation is 1. The van der Waals surface area contributed by atoms with Crippen molar-refractivity contribution in [2.45, 2.75) is 13.0 Å². The van der Waals surface area contributed by atoms with E-state index in [4.69, 9.17) is 0 Å². The number of fused-ring (bicyclic) bond motifs is 1. The van der Waals surface area contributed by atoms with Gasteiger partial charge in [0.05, 0.1) is 6.10 Å². The van der Waals surface area contributed by atoms with Gasteiger partial charge in [-0.2, -0.15) is 0 Å². The summed E-state index contributed by atoms with van der Waals surface area (Å²) in [5.74, 6) is -2.31. The van der Waals surface area contributed by atoms with Gasteiger partial charge in [-0.1, -0.05) is 48.5 Å². The molecule has 1 atom stereocenters. The molecule has 0 aliphatic heterocycles. The number of hydrogen-bond acceptors (Lipinski definition) is 3. The molecule has 0 saturated heterocycles. The molecule has 0 bridgehead atoms. The molecule has 138 valence electrons. The Hall–Kier alpha value is -3.25. The summed E-state index contributed by atoms with van der Waals surface area (Å²) in [6, 6.07) is 17.3. The summed E-state index contributed by atoms with van der Waals surface area (Å²) in [5, 5.41) is 17.0. The van der Waals surface area contributed by atoms with Crippen molar-refractivity contribution >= 4 is 28.3 Å². The number of rotatable bonds is 4. The van der Waals surface area contributed by atoms with Crippen molar-refractivity contribution in [2.24, 2.45) is 0 Å². The zero-order chi connectivity index (χ0) is 19.4. The van der Waals surface area contributed by atoms with Crippen LogP contribution >= 0.6 is 0 Å². The molecule has 0 aromatic heterocycles. The second-order valence-electron chi connectivity index (χ2n) is 6.21. The Bertz CT molecular complexity index is 998. The van der Waals surface area contributed by atoms with Crippen molar-refractivity contribution in [3.63, 3.8) is 0 Å². The molecule has 0 radical (unpaired) electrons. The lowest BCUT2D eigenvalue weighted by Crippen LogP contribution is -2.37. The first-order valence-corrected chi connectivity index (χ1v) is 8.47. The van der Waals surface area contributed by atoms with E-state index in [0.717, 1.165) is 16.8 Å². The Morgan fingerprint density at radius 1 is 1.04 bits per heavy atom. The number of aliphatic hydroxyl groups is 1. The molecule has 0 heterocycles. The molecule has 1 unspecified atom stereocenters. The highest BCUT2D eigenvalue weighted by atomic mass is 19.1. The van der Waals surface area contributed by atoms with E-state index in [-0.39, 0.29) is 12.2 Å². The van der Waals surface area contributed by atoms with E-state index in [2.05, 4.69) is 10.6 Å². The molecule has 0 aliphatic carbocycles. The molecule has 2 amide bonds. The molecular weight excluding hydrogens is 347 g/mol. The van der Waals surface area contributed by atoms with Gasteiger partial charge in [0.25, 0.3) is 0 Å². The maximum Gasteiger partial charge on any atom is 0.313 e. The number of carbonyl (C=O) groups excluding carboxylic acids is 2. The highest BCUT2D eigenvalue weighted by molar-refractivity contribution is 6.39. The Labute approximate surface area is 155 Å². The van der Waals surface area contributed by atoms with Crippen molar-refractivity contribution in [1.82, 2.24) is 5.32 Å². The highest BCUT2D eigenvalue weighted by Gasteiger charge is 2.17. The van der Waals surface area contributed by atoms with Crippen LogP contribution in [-0.4, -0.2) is 23.5 Å². The zero-order valence-corrected chi connectivity index (χ0v) is 14.7. The molecule has 27 heavy (non-hydrogen) atoms. The lowest BCUT2D eigenvalue weighted by atomic mass is 10.0. The lowest BCUT2D eigenvalue weighted by molar-refractivity contribution is -0.136. The molecule has 3 rings (SSSR count). The Morgan fingerprint density at radius 3 is 2.56 bits per heavy atom. The smallest absolute Gasteiger partial charge is 0.313 e. The van der Waals surface area contributed by atoms with E-state index in [1.807, 2.05) is 36.4 Å². The van der Waals surface area contributed by atoms with Gasteiger partial charge in [0.1, 0.15) is 5.82 Å². The van der Waals surface area contributed by atoms with Gasteiger partial charge in [0.15, 0.2) is 0 Å². The number of anilines is 1. The average molecular weight is 366 g/mol. The number of nitrogens with one attached hydrogen (secondary N) is 2. The second-order valence-corrected chi connectivity index (χ2v) is 6.21. The number of hydrogen-bond donors (Lipinski definition) is 3. The van der Waals surface area contributed by atoms with Crippen molar-refractivity contribution in [3.8, 4) is 0 Å². The van der Waals surface area contributed by atoms with Gasteiger partial charge in [0, 0.05) is 12.2 Å².